The van der Waals surface area contributed by atoms with E-state index in [0.29, 0.717) is 11.4 Å². The predicted molar refractivity (Wildman–Crippen MR) is 88.6 cm³/mol. The van der Waals surface area contributed by atoms with Crippen LogP contribution < -0.4 is 5.73 Å². The highest BCUT2D eigenvalue weighted by Crippen LogP contribution is 2.31. The molecular formula is C15H23BrN2O2S. The minimum absolute atomic E-state index is 0.0118. The van der Waals surface area contributed by atoms with Crippen molar-refractivity contribution in [1.29, 1.82) is 0 Å². The SMILES string of the molecule is Cc1cc(S(=O)(=O)N(C)C2CCCCC2CN)ccc1Br. The zero-order valence-corrected chi connectivity index (χ0v) is 15.0. The Labute approximate surface area is 135 Å². The van der Waals surface area contributed by atoms with Crippen LogP contribution in [0.1, 0.15) is 31.2 Å². The van der Waals surface area contributed by atoms with Crippen molar-refractivity contribution in [3.8, 4) is 0 Å². The number of halogens is 1. The molecule has 1 aromatic carbocycles. The molecule has 2 N–H and O–H groups in total. The summed E-state index contributed by atoms with van der Waals surface area (Å²) >= 11 is 3.41. The van der Waals surface area contributed by atoms with Gasteiger partial charge in [0.15, 0.2) is 0 Å². The third-order valence-corrected chi connectivity index (χ3v) is 7.21. The fourth-order valence-electron chi connectivity index (χ4n) is 3.06. The number of hydrogen-bond donors (Lipinski definition) is 1. The Balaban J connectivity index is 2.31. The lowest BCUT2D eigenvalue weighted by Gasteiger charge is -2.36. The molecule has 2 unspecified atom stereocenters. The van der Waals surface area contributed by atoms with E-state index in [-0.39, 0.29) is 12.0 Å². The lowest BCUT2D eigenvalue weighted by Crippen LogP contribution is -2.45. The van der Waals surface area contributed by atoms with Crippen molar-refractivity contribution in [2.45, 2.75) is 43.5 Å². The van der Waals surface area contributed by atoms with Crippen molar-refractivity contribution in [3.63, 3.8) is 0 Å². The van der Waals surface area contributed by atoms with Crippen molar-refractivity contribution in [2.24, 2.45) is 11.7 Å². The number of nitrogens with two attached hydrogens (primary N) is 1. The van der Waals surface area contributed by atoms with Crippen LogP contribution in [0.2, 0.25) is 0 Å². The highest BCUT2D eigenvalue weighted by atomic mass is 79.9. The molecule has 4 nitrogen and oxygen atoms in total. The summed E-state index contributed by atoms with van der Waals surface area (Å²) in [5.74, 6) is 0.259. The van der Waals surface area contributed by atoms with Gasteiger partial charge in [0.25, 0.3) is 0 Å². The largest absolute Gasteiger partial charge is 0.330 e. The summed E-state index contributed by atoms with van der Waals surface area (Å²) in [7, 11) is -1.78. The monoisotopic (exact) mass is 374 g/mol. The maximum absolute atomic E-state index is 12.8. The minimum atomic E-state index is -3.46. The van der Waals surface area contributed by atoms with E-state index in [1.807, 2.05) is 6.92 Å². The Morgan fingerprint density at radius 3 is 2.62 bits per heavy atom. The van der Waals surface area contributed by atoms with Crippen LogP contribution in [0, 0.1) is 12.8 Å². The van der Waals surface area contributed by atoms with Crippen LogP contribution in [-0.4, -0.2) is 32.4 Å². The van der Waals surface area contributed by atoms with E-state index in [2.05, 4.69) is 15.9 Å². The van der Waals surface area contributed by atoms with E-state index in [0.717, 1.165) is 35.7 Å². The van der Waals surface area contributed by atoms with Crippen LogP contribution >= 0.6 is 15.9 Å². The summed E-state index contributed by atoms with van der Waals surface area (Å²) in [5, 5.41) is 0. The predicted octanol–water partition coefficient (Wildman–Crippen LogP) is 2.90. The molecule has 118 valence electrons. The van der Waals surface area contributed by atoms with Gasteiger partial charge < -0.3 is 5.73 Å². The van der Waals surface area contributed by atoms with Gasteiger partial charge in [0.1, 0.15) is 0 Å². The van der Waals surface area contributed by atoms with Crippen molar-refractivity contribution in [1.82, 2.24) is 4.31 Å². The van der Waals surface area contributed by atoms with Gasteiger partial charge in [0.05, 0.1) is 4.90 Å². The van der Waals surface area contributed by atoms with E-state index in [1.165, 1.54) is 4.31 Å². The van der Waals surface area contributed by atoms with Crippen molar-refractivity contribution in [3.05, 3.63) is 28.2 Å². The molecule has 0 saturated heterocycles. The molecule has 1 aliphatic carbocycles. The Morgan fingerprint density at radius 1 is 1.33 bits per heavy atom. The number of sulfonamides is 1. The van der Waals surface area contributed by atoms with Crippen molar-refractivity contribution < 1.29 is 8.42 Å². The first-order valence-electron chi connectivity index (χ1n) is 7.32. The van der Waals surface area contributed by atoms with Gasteiger partial charge in [-0.15, -0.1) is 0 Å². The quantitative estimate of drug-likeness (QED) is 0.880. The van der Waals surface area contributed by atoms with Gasteiger partial charge in [-0.3, -0.25) is 0 Å². The number of hydrogen-bond acceptors (Lipinski definition) is 3. The van der Waals surface area contributed by atoms with Gasteiger partial charge in [-0.25, -0.2) is 8.42 Å². The number of aryl methyl sites for hydroxylation is 1. The van der Waals surface area contributed by atoms with E-state index in [1.54, 1.807) is 25.2 Å². The molecule has 1 aromatic rings. The second-order valence-electron chi connectivity index (χ2n) is 5.78. The molecule has 6 heteroatoms. The van der Waals surface area contributed by atoms with E-state index in [9.17, 15) is 8.42 Å². The molecule has 0 heterocycles. The standard InChI is InChI=1S/C15H23BrN2O2S/c1-11-9-13(7-8-14(11)16)21(19,20)18(2)15-6-4-3-5-12(15)10-17/h7-9,12,15H,3-6,10,17H2,1-2H3. The molecule has 0 aliphatic heterocycles. The van der Waals surface area contributed by atoms with E-state index < -0.39 is 10.0 Å². The average molecular weight is 375 g/mol. The Hall–Kier alpha value is -0.430. The zero-order valence-electron chi connectivity index (χ0n) is 12.5. The van der Waals surface area contributed by atoms with E-state index >= 15 is 0 Å². The van der Waals surface area contributed by atoms with E-state index in [4.69, 9.17) is 5.73 Å². The first-order valence-corrected chi connectivity index (χ1v) is 9.55. The minimum Gasteiger partial charge on any atom is -0.330 e. The fraction of sp³-hybridized carbons (Fsp3) is 0.600. The summed E-state index contributed by atoms with van der Waals surface area (Å²) < 4.78 is 28.1. The molecule has 1 saturated carbocycles. The second-order valence-corrected chi connectivity index (χ2v) is 8.63. The molecule has 1 fully saturated rings. The first-order chi connectivity index (χ1) is 9.87. The smallest absolute Gasteiger partial charge is 0.243 e. The van der Waals surface area contributed by atoms with Gasteiger partial charge in [-0.2, -0.15) is 4.31 Å². The Kier molecular flexibility index (Phi) is 5.46. The normalized spacial score (nSPS) is 23.5. The third-order valence-electron chi connectivity index (χ3n) is 4.45. The Morgan fingerprint density at radius 2 is 2.00 bits per heavy atom. The van der Waals surface area contributed by atoms with Gasteiger partial charge >= 0.3 is 0 Å². The summed E-state index contributed by atoms with van der Waals surface area (Å²) in [6, 6.07) is 5.18. The highest BCUT2D eigenvalue weighted by Gasteiger charge is 2.34. The van der Waals surface area contributed by atoms with Crippen LogP contribution in [0.4, 0.5) is 0 Å². The average Bonchev–Trinajstić information content (AvgIpc) is 2.49. The van der Waals surface area contributed by atoms with Crippen LogP contribution in [-0.2, 0) is 10.0 Å². The van der Waals surface area contributed by atoms with Crippen molar-refractivity contribution >= 4 is 26.0 Å². The van der Waals surface area contributed by atoms with Crippen LogP contribution in [0.25, 0.3) is 0 Å². The van der Waals surface area contributed by atoms with Crippen LogP contribution in [0.5, 0.6) is 0 Å². The summed E-state index contributed by atoms with van der Waals surface area (Å²) in [6.07, 6.45) is 4.12. The molecule has 0 amide bonds. The first kappa shape index (κ1) is 16.9. The summed E-state index contributed by atoms with van der Waals surface area (Å²) in [5.41, 5.74) is 6.75. The van der Waals surface area contributed by atoms with Gasteiger partial charge in [0.2, 0.25) is 10.0 Å². The number of benzene rings is 1. The molecule has 0 bridgehead atoms. The molecule has 0 spiro atoms. The highest BCUT2D eigenvalue weighted by molar-refractivity contribution is 9.10. The third kappa shape index (κ3) is 3.50. The maximum Gasteiger partial charge on any atom is 0.243 e. The molecule has 0 aromatic heterocycles. The van der Waals surface area contributed by atoms with Gasteiger partial charge in [-0.1, -0.05) is 28.8 Å². The van der Waals surface area contributed by atoms with Gasteiger partial charge in [-0.05, 0) is 56.0 Å². The number of rotatable bonds is 4. The number of nitrogens with zero attached hydrogens (tertiary/aromatic N) is 1. The summed E-state index contributed by atoms with van der Waals surface area (Å²) in [4.78, 5) is 0.354. The van der Waals surface area contributed by atoms with Crippen LogP contribution in [0.15, 0.2) is 27.6 Å². The molecular weight excluding hydrogens is 352 g/mol. The van der Waals surface area contributed by atoms with Crippen molar-refractivity contribution in [2.75, 3.05) is 13.6 Å². The lowest BCUT2D eigenvalue weighted by molar-refractivity contribution is 0.204. The fourth-order valence-corrected chi connectivity index (χ4v) is 4.84. The second kappa shape index (κ2) is 6.77. The molecule has 2 rings (SSSR count). The zero-order chi connectivity index (χ0) is 15.6. The van der Waals surface area contributed by atoms with Crippen LogP contribution in [0.3, 0.4) is 0 Å². The topological polar surface area (TPSA) is 63.4 Å². The maximum atomic E-state index is 12.8. The summed E-state index contributed by atoms with van der Waals surface area (Å²) in [6.45, 7) is 2.44. The molecule has 2 atom stereocenters. The molecule has 0 radical (unpaired) electrons. The molecule has 1 aliphatic rings. The lowest BCUT2D eigenvalue weighted by atomic mass is 9.85. The van der Waals surface area contributed by atoms with Gasteiger partial charge in [0, 0.05) is 17.6 Å². The molecule has 21 heavy (non-hydrogen) atoms. The Bertz CT molecular complexity index is 604.